The van der Waals surface area contributed by atoms with Crippen molar-refractivity contribution in [2.24, 2.45) is 0 Å². The van der Waals surface area contributed by atoms with E-state index in [1.165, 1.54) is 0 Å². The molecule has 0 unspecified atom stereocenters. The summed E-state index contributed by atoms with van der Waals surface area (Å²) in [6.07, 6.45) is 5.22. The van der Waals surface area contributed by atoms with Crippen LogP contribution in [0.2, 0.25) is 0 Å². The van der Waals surface area contributed by atoms with E-state index >= 15 is 0 Å². The Hall–Kier alpha value is -2.92. The van der Waals surface area contributed by atoms with E-state index < -0.39 is 0 Å². The first-order chi connectivity index (χ1) is 11.8. The van der Waals surface area contributed by atoms with Gasteiger partial charge in [0.15, 0.2) is 0 Å². The lowest BCUT2D eigenvalue weighted by Gasteiger charge is -2.22. The molecule has 3 rings (SSSR count). The highest BCUT2D eigenvalue weighted by Gasteiger charge is 2.16. The number of imidazole rings is 1. The van der Waals surface area contributed by atoms with Crippen molar-refractivity contribution in [3.63, 3.8) is 0 Å². The van der Waals surface area contributed by atoms with Crippen LogP contribution in [-0.2, 0) is 6.54 Å². The van der Waals surface area contributed by atoms with Crippen LogP contribution in [0.1, 0.15) is 15.9 Å². The van der Waals surface area contributed by atoms with E-state index in [-0.39, 0.29) is 12.5 Å². The highest BCUT2D eigenvalue weighted by atomic mass is 16.3. The Kier molecular flexibility index (Phi) is 5.03. The molecular formula is C19H19N3O2. The zero-order valence-electron chi connectivity index (χ0n) is 13.2. The van der Waals surface area contributed by atoms with E-state index in [9.17, 15) is 9.90 Å². The molecule has 0 bridgehead atoms. The van der Waals surface area contributed by atoms with Gasteiger partial charge in [0.05, 0.1) is 12.9 Å². The van der Waals surface area contributed by atoms with Gasteiger partial charge in [-0.3, -0.25) is 4.79 Å². The maximum absolute atomic E-state index is 12.9. The SMILES string of the molecule is O=C(c1cccc(-n2ccnc2)c1)N(CCO)Cc1ccccc1. The van der Waals surface area contributed by atoms with E-state index in [4.69, 9.17) is 0 Å². The second kappa shape index (κ2) is 7.57. The molecule has 1 N–H and O–H groups in total. The molecule has 2 aromatic carbocycles. The normalized spacial score (nSPS) is 10.5. The van der Waals surface area contributed by atoms with Crippen LogP contribution in [0.15, 0.2) is 73.3 Å². The predicted molar refractivity (Wildman–Crippen MR) is 91.8 cm³/mol. The van der Waals surface area contributed by atoms with E-state index in [2.05, 4.69) is 4.98 Å². The van der Waals surface area contributed by atoms with E-state index in [1.807, 2.05) is 59.3 Å². The second-order valence-corrected chi connectivity index (χ2v) is 5.46. The molecule has 122 valence electrons. The summed E-state index contributed by atoms with van der Waals surface area (Å²) in [6.45, 7) is 0.693. The molecular weight excluding hydrogens is 302 g/mol. The van der Waals surface area contributed by atoms with Gasteiger partial charge in [0.2, 0.25) is 0 Å². The molecule has 5 heteroatoms. The monoisotopic (exact) mass is 321 g/mol. The number of amides is 1. The zero-order chi connectivity index (χ0) is 16.8. The largest absolute Gasteiger partial charge is 0.395 e. The Balaban J connectivity index is 1.83. The molecule has 1 aromatic heterocycles. The van der Waals surface area contributed by atoms with Crippen molar-refractivity contribution in [2.45, 2.75) is 6.54 Å². The zero-order valence-corrected chi connectivity index (χ0v) is 13.2. The van der Waals surface area contributed by atoms with Crippen LogP contribution in [0, 0.1) is 0 Å². The molecule has 0 radical (unpaired) electrons. The molecule has 5 nitrogen and oxygen atoms in total. The summed E-state index contributed by atoms with van der Waals surface area (Å²) in [4.78, 5) is 18.5. The third-order valence-corrected chi connectivity index (χ3v) is 3.77. The fourth-order valence-corrected chi connectivity index (χ4v) is 2.57. The van der Waals surface area contributed by atoms with Gasteiger partial charge in [0.1, 0.15) is 0 Å². The van der Waals surface area contributed by atoms with Gasteiger partial charge in [0, 0.05) is 36.7 Å². The third-order valence-electron chi connectivity index (χ3n) is 3.77. The number of carbonyl (C=O) groups is 1. The van der Waals surface area contributed by atoms with Crippen LogP contribution >= 0.6 is 0 Å². The quantitative estimate of drug-likeness (QED) is 0.759. The summed E-state index contributed by atoms with van der Waals surface area (Å²) in [5, 5.41) is 9.31. The van der Waals surface area contributed by atoms with E-state index in [0.29, 0.717) is 18.7 Å². The average Bonchev–Trinajstić information content (AvgIpc) is 3.16. The topological polar surface area (TPSA) is 58.4 Å². The van der Waals surface area contributed by atoms with Gasteiger partial charge >= 0.3 is 0 Å². The van der Waals surface area contributed by atoms with Gasteiger partial charge < -0.3 is 14.6 Å². The predicted octanol–water partition coefficient (Wildman–Crippen LogP) is 2.51. The Morgan fingerprint density at radius 2 is 1.96 bits per heavy atom. The summed E-state index contributed by atoms with van der Waals surface area (Å²) in [5.74, 6) is -0.102. The number of nitrogens with zero attached hydrogens (tertiary/aromatic N) is 3. The van der Waals surface area contributed by atoms with Gasteiger partial charge in [-0.05, 0) is 23.8 Å². The number of aromatic nitrogens is 2. The number of hydrogen-bond acceptors (Lipinski definition) is 3. The fraction of sp³-hybridized carbons (Fsp3) is 0.158. The van der Waals surface area contributed by atoms with Crippen LogP contribution in [0.25, 0.3) is 5.69 Å². The number of benzene rings is 2. The Labute approximate surface area is 140 Å². The fourth-order valence-electron chi connectivity index (χ4n) is 2.57. The summed E-state index contributed by atoms with van der Waals surface area (Å²) in [5.41, 5.74) is 2.50. The number of rotatable bonds is 6. The molecule has 1 heterocycles. The lowest BCUT2D eigenvalue weighted by atomic mass is 10.1. The minimum Gasteiger partial charge on any atom is -0.395 e. The lowest BCUT2D eigenvalue weighted by Crippen LogP contribution is -2.33. The molecule has 0 aliphatic rings. The highest BCUT2D eigenvalue weighted by Crippen LogP contribution is 2.14. The number of aliphatic hydroxyl groups is 1. The first-order valence-corrected chi connectivity index (χ1v) is 7.80. The molecule has 0 aliphatic carbocycles. The molecule has 0 saturated carbocycles. The highest BCUT2D eigenvalue weighted by molar-refractivity contribution is 5.94. The molecule has 24 heavy (non-hydrogen) atoms. The van der Waals surface area contributed by atoms with Crippen molar-refractivity contribution < 1.29 is 9.90 Å². The van der Waals surface area contributed by atoms with Crippen LogP contribution in [-0.4, -0.2) is 38.6 Å². The standard InChI is InChI=1S/C19H19N3O2/c23-12-11-21(14-16-5-2-1-3-6-16)19(24)17-7-4-8-18(13-17)22-10-9-20-15-22/h1-10,13,15,23H,11-12,14H2. The number of carbonyl (C=O) groups excluding carboxylic acids is 1. The third kappa shape index (κ3) is 3.70. The van der Waals surface area contributed by atoms with Crippen molar-refractivity contribution in [3.8, 4) is 5.69 Å². The van der Waals surface area contributed by atoms with Crippen LogP contribution < -0.4 is 0 Å². The molecule has 0 atom stereocenters. The molecule has 0 spiro atoms. The maximum Gasteiger partial charge on any atom is 0.254 e. The first kappa shape index (κ1) is 16.0. The maximum atomic E-state index is 12.9. The second-order valence-electron chi connectivity index (χ2n) is 5.46. The molecule has 1 amide bonds. The van der Waals surface area contributed by atoms with Crippen molar-refractivity contribution in [1.82, 2.24) is 14.5 Å². The van der Waals surface area contributed by atoms with Crippen molar-refractivity contribution in [2.75, 3.05) is 13.2 Å². The van der Waals surface area contributed by atoms with Crippen molar-refractivity contribution in [3.05, 3.63) is 84.4 Å². The molecule has 0 saturated heterocycles. The van der Waals surface area contributed by atoms with Gasteiger partial charge in [0.25, 0.3) is 5.91 Å². The van der Waals surface area contributed by atoms with Gasteiger partial charge in [-0.15, -0.1) is 0 Å². The van der Waals surface area contributed by atoms with Gasteiger partial charge in [-0.2, -0.15) is 0 Å². The number of aliphatic hydroxyl groups excluding tert-OH is 1. The molecule has 3 aromatic rings. The van der Waals surface area contributed by atoms with Crippen LogP contribution in [0.5, 0.6) is 0 Å². The summed E-state index contributed by atoms with van der Waals surface area (Å²) >= 11 is 0. The Bertz CT molecular complexity index is 785. The Morgan fingerprint density at radius 1 is 1.12 bits per heavy atom. The average molecular weight is 321 g/mol. The summed E-state index contributed by atoms with van der Waals surface area (Å²) in [6, 6.07) is 17.2. The van der Waals surface area contributed by atoms with Crippen LogP contribution in [0.3, 0.4) is 0 Å². The molecule has 0 aliphatic heterocycles. The van der Waals surface area contributed by atoms with Crippen LogP contribution in [0.4, 0.5) is 0 Å². The summed E-state index contributed by atoms with van der Waals surface area (Å²) in [7, 11) is 0. The van der Waals surface area contributed by atoms with E-state index in [1.54, 1.807) is 23.5 Å². The van der Waals surface area contributed by atoms with Gasteiger partial charge in [-0.1, -0.05) is 36.4 Å². The van der Waals surface area contributed by atoms with Gasteiger partial charge in [-0.25, -0.2) is 4.98 Å². The van der Waals surface area contributed by atoms with Crippen molar-refractivity contribution in [1.29, 1.82) is 0 Å². The molecule has 0 fully saturated rings. The van der Waals surface area contributed by atoms with Crippen molar-refractivity contribution >= 4 is 5.91 Å². The smallest absolute Gasteiger partial charge is 0.254 e. The first-order valence-electron chi connectivity index (χ1n) is 7.80. The summed E-state index contributed by atoms with van der Waals surface area (Å²) < 4.78 is 1.85. The number of hydrogen-bond donors (Lipinski definition) is 1. The van der Waals surface area contributed by atoms with E-state index in [0.717, 1.165) is 11.3 Å². The Morgan fingerprint density at radius 3 is 2.67 bits per heavy atom. The lowest BCUT2D eigenvalue weighted by molar-refractivity contribution is 0.0708. The minimum atomic E-state index is -0.102. The minimum absolute atomic E-state index is 0.0697.